The summed E-state index contributed by atoms with van der Waals surface area (Å²) < 4.78 is 37.5. The first kappa shape index (κ1) is 22.3. The minimum atomic E-state index is -3.80. The number of amides is 1. The zero-order valence-corrected chi connectivity index (χ0v) is 18.1. The maximum Gasteiger partial charge on any atom is 0.225 e. The van der Waals surface area contributed by atoms with Crippen molar-refractivity contribution < 1.29 is 22.7 Å². The van der Waals surface area contributed by atoms with Crippen LogP contribution in [-0.4, -0.2) is 38.8 Å². The van der Waals surface area contributed by atoms with Crippen LogP contribution in [0, 0.1) is 0 Å². The van der Waals surface area contributed by atoms with Gasteiger partial charge in [-0.1, -0.05) is 18.2 Å². The van der Waals surface area contributed by atoms with Gasteiger partial charge in [-0.25, -0.2) is 8.42 Å². The van der Waals surface area contributed by atoms with Crippen LogP contribution in [0.5, 0.6) is 11.5 Å². The number of methoxy groups -OCH3 is 2. The van der Waals surface area contributed by atoms with E-state index < -0.39 is 21.0 Å². The van der Waals surface area contributed by atoms with Crippen LogP contribution >= 0.6 is 0 Å². The predicted molar refractivity (Wildman–Crippen MR) is 118 cm³/mol. The minimum absolute atomic E-state index is 0.0847. The Labute approximate surface area is 182 Å². The summed E-state index contributed by atoms with van der Waals surface area (Å²) in [6, 6.07) is 16.6. The molecule has 1 unspecified atom stereocenters. The Bertz CT molecular complexity index is 1120. The van der Waals surface area contributed by atoms with Gasteiger partial charge in [-0.05, 0) is 54.4 Å². The summed E-state index contributed by atoms with van der Waals surface area (Å²) in [7, 11) is -0.751. The fourth-order valence-electron chi connectivity index (χ4n) is 3.23. The first-order valence-electron chi connectivity index (χ1n) is 9.63. The topological polar surface area (TPSA) is 94.6 Å². The Balaban J connectivity index is 1.94. The molecule has 3 rings (SSSR count). The number of carbonyl (C=O) groups excluding carboxylic acids is 1. The van der Waals surface area contributed by atoms with E-state index in [9.17, 15) is 13.2 Å². The number of nitrogens with one attached hydrogen (secondary N) is 1. The third kappa shape index (κ3) is 5.61. The second-order valence-corrected chi connectivity index (χ2v) is 9.08. The van der Waals surface area contributed by atoms with Gasteiger partial charge in [0.25, 0.3) is 0 Å². The van der Waals surface area contributed by atoms with Gasteiger partial charge >= 0.3 is 0 Å². The molecule has 0 aliphatic heterocycles. The van der Waals surface area contributed by atoms with E-state index in [1.54, 1.807) is 60.9 Å². The van der Waals surface area contributed by atoms with E-state index in [2.05, 4.69) is 10.3 Å². The highest BCUT2D eigenvalue weighted by molar-refractivity contribution is 7.92. The van der Waals surface area contributed by atoms with Crippen LogP contribution in [0.4, 0.5) is 5.69 Å². The van der Waals surface area contributed by atoms with Gasteiger partial charge in [0.2, 0.25) is 5.91 Å². The molecule has 3 aromatic rings. The van der Waals surface area contributed by atoms with Crippen molar-refractivity contribution in [2.24, 2.45) is 0 Å². The summed E-state index contributed by atoms with van der Waals surface area (Å²) in [6.07, 6.45) is 2.96. The molecule has 0 saturated heterocycles. The number of hydrogen-bond donors (Lipinski definition) is 1. The molecule has 1 atom stereocenters. The highest BCUT2D eigenvalue weighted by Crippen LogP contribution is 2.29. The molecular weight excluding hydrogens is 416 g/mol. The molecule has 1 N–H and O–H groups in total. The molecule has 1 heterocycles. The number of sulfone groups is 1. The van der Waals surface area contributed by atoms with Gasteiger partial charge in [0.1, 0.15) is 11.5 Å². The number of carbonyl (C=O) groups is 1. The number of ether oxygens (including phenoxy) is 2. The standard InChI is InChI=1S/C23H24N2O5S/c1-29-19-8-9-22(30-2)17(14-19)15-21(31(27,28)20-6-4-3-5-7-20)16-23(26)25-18-10-12-24-13-11-18/h3-14,21H,15-16H2,1-2H3,(H,24,25,26). The summed E-state index contributed by atoms with van der Waals surface area (Å²) in [4.78, 5) is 16.8. The van der Waals surface area contributed by atoms with Gasteiger partial charge in [0, 0.05) is 24.5 Å². The number of aromatic nitrogens is 1. The molecule has 0 fully saturated rings. The smallest absolute Gasteiger partial charge is 0.225 e. The zero-order chi connectivity index (χ0) is 22.3. The van der Waals surface area contributed by atoms with Crippen molar-refractivity contribution in [2.45, 2.75) is 23.0 Å². The summed E-state index contributed by atoms with van der Waals surface area (Å²) >= 11 is 0. The molecule has 0 bridgehead atoms. The van der Waals surface area contributed by atoms with Crippen LogP contribution < -0.4 is 14.8 Å². The molecule has 0 aliphatic carbocycles. The van der Waals surface area contributed by atoms with Gasteiger partial charge in [0.15, 0.2) is 9.84 Å². The number of anilines is 1. The number of nitrogens with zero attached hydrogens (tertiary/aromatic N) is 1. The minimum Gasteiger partial charge on any atom is -0.497 e. The summed E-state index contributed by atoms with van der Waals surface area (Å²) in [5.41, 5.74) is 1.19. The summed E-state index contributed by atoms with van der Waals surface area (Å²) in [5, 5.41) is 1.73. The second-order valence-electron chi connectivity index (χ2n) is 6.85. The number of benzene rings is 2. The second kappa shape index (κ2) is 10.1. The average molecular weight is 441 g/mol. The van der Waals surface area contributed by atoms with Crippen molar-refractivity contribution in [3.63, 3.8) is 0 Å². The van der Waals surface area contributed by atoms with Crippen molar-refractivity contribution in [1.29, 1.82) is 0 Å². The van der Waals surface area contributed by atoms with Gasteiger partial charge in [-0.2, -0.15) is 0 Å². The van der Waals surface area contributed by atoms with Crippen LogP contribution in [0.15, 0.2) is 78.0 Å². The fraction of sp³-hybridized carbons (Fsp3) is 0.217. The molecule has 7 nitrogen and oxygen atoms in total. The third-order valence-electron chi connectivity index (χ3n) is 4.82. The quantitative estimate of drug-likeness (QED) is 0.547. The van der Waals surface area contributed by atoms with E-state index in [1.807, 2.05) is 0 Å². The van der Waals surface area contributed by atoms with Gasteiger partial charge < -0.3 is 14.8 Å². The average Bonchev–Trinajstić information content (AvgIpc) is 2.79. The van der Waals surface area contributed by atoms with Crippen molar-refractivity contribution in [1.82, 2.24) is 4.98 Å². The van der Waals surface area contributed by atoms with E-state index in [4.69, 9.17) is 9.47 Å². The van der Waals surface area contributed by atoms with Gasteiger partial charge in [-0.15, -0.1) is 0 Å². The lowest BCUT2D eigenvalue weighted by molar-refractivity contribution is -0.116. The van der Waals surface area contributed by atoms with Gasteiger partial charge in [-0.3, -0.25) is 9.78 Å². The molecule has 0 aliphatic rings. The molecule has 2 aromatic carbocycles. The lowest BCUT2D eigenvalue weighted by atomic mass is 10.1. The molecule has 0 spiro atoms. The van der Waals surface area contributed by atoms with Gasteiger partial charge in [0.05, 0.1) is 24.4 Å². The predicted octanol–water partition coefficient (Wildman–Crippen LogP) is 3.51. The van der Waals surface area contributed by atoms with E-state index in [1.165, 1.54) is 26.4 Å². The maximum absolute atomic E-state index is 13.4. The fourth-order valence-corrected chi connectivity index (χ4v) is 4.93. The van der Waals surface area contributed by atoms with Crippen LogP contribution in [0.1, 0.15) is 12.0 Å². The first-order valence-corrected chi connectivity index (χ1v) is 11.2. The van der Waals surface area contributed by atoms with Crippen molar-refractivity contribution >= 4 is 21.4 Å². The summed E-state index contributed by atoms with van der Waals surface area (Å²) in [5.74, 6) is 0.703. The Morgan fingerprint density at radius 1 is 1.00 bits per heavy atom. The number of pyridine rings is 1. The largest absolute Gasteiger partial charge is 0.497 e. The molecule has 8 heteroatoms. The van der Waals surface area contributed by atoms with Crippen molar-refractivity contribution in [2.75, 3.05) is 19.5 Å². The Hall–Kier alpha value is -3.39. The number of hydrogen-bond acceptors (Lipinski definition) is 6. The van der Waals surface area contributed by atoms with E-state index in [0.29, 0.717) is 22.7 Å². The van der Waals surface area contributed by atoms with E-state index in [-0.39, 0.29) is 17.7 Å². The van der Waals surface area contributed by atoms with E-state index >= 15 is 0 Å². The molecule has 31 heavy (non-hydrogen) atoms. The zero-order valence-electron chi connectivity index (χ0n) is 17.3. The van der Waals surface area contributed by atoms with Crippen molar-refractivity contribution in [3.05, 3.63) is 78.6 Å². The number of rotatable bonds is 9. The normalized spacial score (nSPS) is 12.1. The molecule has 0 saturated carbocycles. The van der Waals surface area contributed by atoms with Crippen LogP contribution in [0.3, 0.4) is 0 Å². The monoisotopic (exact) mass is 440 g/mol. The molecule has 0 radical (unpaired) electrons. The Morgan fingerprint density at radius 2 is 1.71 bits per heavy atom. The van der Waals surface area contributed by atoms with Crippen LogP contribution in [-0.2, 0) is 21.1 Å². The van der Waals surface area contributed by atoms with Crippen molar-refractivity contribution in [3.8, 4) is 11.5 Å². The Kier molecular flexibility index (Phi) is 7.25. The molecule has 162 valence electrons. The van der Waals surface area contributed by atoms with Crippen LogP contribution in [0.25, 0.3) is 0 Å². The lowest BCUT2D eigenvalue weighted by Crippen LogP contribution is -2.29. The molecule has 1 aromatic heterocycles. The Morgan fingerprint density at radius 3 is 2.35 bits per heavy atom. The third-order valence-corrected chi connectivity index (χ3v) is 6.96. The lowest BCUT2D eigenvalue weighted by Gasteiger charge is -2.19. The first-order chi connectivity index (χ1) is 14.9. The maximum atomic E-state index is 13.4. The summed E-state index contributed by atoms with van der Waals surface area (Å²) in [6.45, 7) is 0. The molecular formula is C23H24N2O5S. The highest BCUT2D eigenvalue weighted by atomic mass is 32.2. The molecule has 1 amide bonds. The van der Waals surface area contributed by atoms with E-state index in [0.717, 1.165) is 0 Å². The SMILES string of the molecule is COc1ccc(OC)c(CC(CC(=O)Nc2ccncc2)S(=O)(=O)c2ccccc2)c1. The highest BCUT2D eigenvalue weighted by Gasteiger charge is 2.31. The van der Waals surface area contributed by atoms with Crippen LogP contribution in [0.2, 0.25) is 0 Å².